The molecule has 0 aliphatic carbocycles. The Bertz CT molecular complexity index is 1910. The highest BCUT2D eigenvalue weighted by molar-refractivity contribution is 6.05. The van der Waals surface area contributed by atoms with E-state index < -0.39 is 0 Å². The SMILES string of the molecule is CCCCCCCCCCCCCCCCCCCCCCCCCCCCCCCCCCCC/C=C/C1CC(=O)N(CCNCCNCCNCCN2C(=O)CC(/C=C/CCCCCCCCCCCCCCCCCCCCCCCCCCCCCCCCCCCCCCCC)C2=O)C1=O. The van der Waals surface area contributed by atoms with E-state index in [4.69, 9.17) is 0 Å². The van der Waals surface area contributed by atoms with Crippen molar-refractivity contribution in [3.63, 3.8) is 0 Å². The Kier molecular flexibility index (Phi) is 76.3. The van der Waals surface area contributed by atoms with Gasteiger partial charge in [0.2, 0.25) is 23.6 Å². The molecule has 2 unspecified atom stereocenters. The van der Waals surface area contributed by atoms with Gasteiger partial charge in [-0.15, -0.1) is 0 Å². The lowest BCUT2D eigenvalue weighted by atomic mass is 10.0. The van der Waals surface area contributed by atoms with E-state index in [0.717, 1.165) is 51.9 Å². The van der Waals surface area contributed by atoms with E-state index in [0.29, 0.717) is 39.0 Å². The molecule has 2 heterocycles. The van der Waals surface area contributed by atoms with Crippen molar-refractivity contribution >= 4 is 23.6 Å². The molecular weight excluding hydrogens is 1290 g/mol. The standard InChI is InChI=1S/C96H183N5O4/c1-3-5-7-9-11-13-15-17-19-21-23-25-27-29-31-33-35-37-39-41-42-43-44-46-48-50-52-54-56-58-60-62-64-66-68-70-72-74-76-78-80-92-90-94(103)101(96(92)105)88-86-99-84-82-97-81-83-98-85-87-100-93(102)89-91(95(100)104)79-77-75-73-71-69-67-65-63-61-59-57-55-53-51-49-47-45-40-38-36-34-32-30-28-26-24-22-20-18-16-14-12-10-8-6-4-2/h77-80,91-92,97-99H,3-76,81-90H2,1-2H3/b79-77+,80-78+. The van der Waals surface area contributed by atoms with Crippen LogP contribution in [0.2, 0.25) is 0 Å². The molecule has 0 saturated carbocycles. The third kappa shape index (κ3) is 66.0. The number of likely N-dealkylation sites (tertiary alicyclic amines) is 2. The van der Waals surface area contributed by atoms with Crippen LogP contribution in [0, 0.1) is 11.8 Å². The molecule has 9 heteroatoms. The maximum Gasteiger partial charge on any atom is 0.236 e. The van der Waals surface area contributed by atoms with E-state index >= 15 is 0 Å². The maximum absolute atomic E-state index is 13.0. The first kappa shape index (κ1) is 98.7. The highest BCUT2D eigenvalue weighted by Gasteiger charge is 2.37. The number of hydrogen-bond acceptors (Lipinski definition) is 7. The van der Waals surface area contributed by atoms with E-state index in [9.17, 15) is 19.2 Å². The molecule has 2 aliphatic rings. The second-order valence-corrected chi connectivity index (χ2v) is 33.8. The summed E-state index contributed by atoms with van der Waals surface area (Å²) in [6.45, 7) is 9.63. The summed E-state index contributed by atoms with van der Waals surface area (Å²) in [6, 6.07) is 0. The third-order valence-corrected chi connectivity index (χ3v) is 23.7. The molecule has 2 saturated heterocycles. The number of carbonyl (C=O) groups is 4. The summed E-state index contributed by atoms with van der Waals surface area (Å²) in [6.07, 6.45) is 114. The fourth-order valence-corrected chi connectivity index (χ4v) is 16.5. The van der Waals surface area contributed by atoms with Crippen LogP contribution in [0.25, 0.3) is 0 Å². The first-order valence-corrected chi connectivity index (χ1v) is 48.1. The fraction of sp³-hybridized carbons (Fsp3) is 0.917. The number of carbonyl (C=O) groups excluding carboxylic acids is 4. The first-order valence-electron chi connectivity index (χ1n) is 48.1. The van der Waals surface area contributed by atoms with Gasteiger partial charge in [0.25, 0.3) is 0 Å². The highest BCUT2D eigenvalue weighted by Crippen LogP contribution is 2.25. The molecule has 4 amide bonds. The van der Waals surface area contributed by atoms with E-state index in [1.54, 1.807) is 0 Å². The van der Waals surface area contributed by atoms with Crippen LogP contribution in [-0.2, 0) is 19.2 Å². The molecule has 0 aromatic rings. The van der Waals surface area contributed by atoms with Gasteiger partial charge in [-0.3, -0.25) is 29.0 Å². The van der Waals surface area contributed by atoms with E-state index in [1.165, 1.54) is 459 Å². The van der Waals surface area contributed by atoms with E-state index in [1.807, 2.05) is 12.2 Å². The van der Waals surface area contributed by atoms with Crippen molar-refractivity contribution < 1.29 is 19.2 Å². The molecule has 2 fully saturated rings. The van der Waals surface area contributed by atoms with Crippen molar-refractivity contribution in [2.75, 3.05) is 52.4 Å². The summed E-state index contributed by atoms with van der Waals surface area (Å²) in [5.74, 6) is -0.849. The molecule has 2 aliphatic heterocycles. The van der Waals surface area contributed by atoms with Crippen LogP contribution in [0.15, 0.2) is 24.3 Å². The molecule has 0 spiro atoms. The quantitative estimate of drug-likeness (QED) is 0.0316. The van der Waals surface area contributed by atoms with Gasteiger partial charge in [-0.2, -0.15) is 0 Å². The van der Waals surface area contributed by atoms with E-state index in [-0.39, 0.29) is 35.5 Å². The van der Waals surface area contributed by atoms with Gasteiger partial charge in [-0.05, 0) is 25.7 Å². The van der Waals surface area contributed by atoms with Crippen molar-refractivity contribution in [1.82, 2.24) is 25.8 Å². The molecule has 0 radical (unpaired) electrons. The molecule has 3 N–H and O–H groups in total. The summed E-state index contributed by atoms with van der Waals surface area (Å²) in [5.41, 5.74) is 0. The molecule has 0 bridgehead atoms. The Hall–Kier alpha value is -2.36. The maximum atomic E-state index is 13.0. The van der Waals surface area contributed by atoms with Gasteiger partial charge >= 0.3 is 0 Å². The van der Waals surface area contributed by atoms with Gasteiger partial charge in [0.05, 0.1) is 11.8 Å². The summed E-state index contributed by atoms with van der Waals surface area (Å²) >= 11 is 0. The molecule has 616 valence electrons. The first-order chi connectivity index (χ1) is 52.0. The predicted octanol–water partition coefficient (Wildman–Crippen LogP) is 28.5. The second kappa shape index (κ2) is 81.1. The number of nitrogens with zero attached hydrogens (tertiary/aromatic N) is 2. The van der Waals surface area contributed by atoms with Crippen LogP contribution >= 0.6 is 0 Å². The average Bonchev–Trinajstić information content (AvgIpc) is 1.71. The van der Waals surface area contributed by atoms with Crippen LogP contribution in [0.3, 0.4) is 0 Å². The van der Waals surface area contributed by atoms with E-state index in [2.05, 4.69) is 41.9 Å². The van der Waals surface area contributed by atoms with Gasteiger partial charge in [-0.25, -0.2) is 0 Å². The minimum atomic E-state index is -0.309. The van der Waals surface area contributed by atoms with Crippen molar-refractivity contribution in [3.8, 4) is 0 Å². The molecule has 9 nitrogen and oxygen atoms in total. The van der Waals surface area contributed by atoms with Gasteiger partial charge in [-0.1, -0.05) is 488 Å². The number of rotatable bonds is 88. The van der Waals surface area contributed by atoms with Crippen molar-refractivity contribution in [2.24, 2.45) is 11.8 Å². The molecule has 105 heavy (non-hydrogen) atoms. The Morgan fingerprint density at radius 2 is 0.381 bits per heavy atom. The third-order valence-electron chi connectivity index (χ3n) is 23.7. The lowest BCUT2D eigenvalue weighted by Gasteiger charge is -2.15. The predicted molar refractivity (Wildman–Crippen MR) is 460 cm³/mol. The van der Waals surface area contributed by atoms with Crippen molar-refractivity contribution in [1.29, 1.82) is 0 Å². The second-order valence-electron chi connectivity index (χ2n) is 33.8. The van der Waals surface area contributed by atoms with Crippen molar-refractivity contribution in [3.05, 3.63) is 24.3 Å². The normalized spacial score (nSPS) is 15.0. The summed E-state index contributed by atoms with van der Waals surface area (Å²) in [5, 5.41) is 10.1. The van der Waals surface area contributed by atoms with Crippen LogP contribution in [0.1, 0.15) is 502 Å². The fourth-order valence-electron chi connectivity index (χ4n) is 16.5. The van der Waals surface area contributed by atoms with Crippen LogP contribution < -0.4 is 16.0 Å². The Morgan fingerprint density at radius 1 is 0.229 bits per heavy atom. The summed E-state index contributed by atoms with van der Waals surface area (Å²) < 4.78 is 0. The van der Waals surface area contributed by atoms with Crippen LogP contribution in [-0.4, -0.2) is 85.8 Å². The largest absolute Gasteiger partial charge is 0.314 e. The smallest absolute Gasteiger partial charge is 0.236 e. The van der Waals surface area contributed by atoms with Crippen molar-refractivity contribution in [2.45, 2.75) is 502 Å². The zero-order valence-corrected chi connectivity index (χ0v) is 70.9. The Labute approximate surface area is 655 Å². The lowest BCUT2D eigenvalue weighted by molar-refractivity contribution is -0.140. The zero-order valence-electron chi connectivity index (χ0n) is 70.9. The van der Waals surface area contributed by atoms with Crippen LogP contribution in [0.4, 0.5) is 0 Å². The van der Waals surface area contributed by atoms with Gasteiger partial charge < -0.3 is 16.0 Å². The molecular formula is C96H183N5O4. The van der Waals surface area contributed by atoms with Gasteiger partial charge in [0.1, 0.15) is 0 Å². The number of imide groups is 2. The number of unbranched alkanes of at least 4 members (excludes halogenated alkanes) is 72. The highest BCUT2D eigenvalue weighted by atomic mass is 16.2. The number of allylic oxidation sites excluding steroid dienone is 2. The number of hydrogen-bond donors (Lipinski definition) is 3. The molecule has 2 rings (SSSR count). The summed E-state index contributed by atoms with van der Waals surface area (Å²) in [4.78, 5) is 54.3. The molecule has 2 atom stereocenters. The zero-order chi connectivity index (χ0) is 75.0. The number of nitrogens with one attached hydrogen (secondary N) is 3. The summed E-state index contributed by atoms with van der Waals surface area (Å²) in [7, 11) is 0. The number of amides is 4. The molecule has 0 aromatic carbocycles. The monoisotopic (exact) mass is 1470 g/mol. The van der Waals surface area contributed by atoms with Gasteiger partial charge in [0.15, 0.2) is 0 Å². The average molecular weight is 1470 g/mol. The lowest BCUT2D eigenvalue weighted by Crippen LogP contribution is -2.40. The van der Waals surface area contributed by atoms with Crippen LogP contribution in [0.5, 0.6) is 0 Å². The minimum absolute atomic E-state index is 0.0547. The Balaban J connectivity index is 1.24. The minimum Gasteiger partial charge on any atom is -0.314 e. The topological polar surface area (TPSA) is 111 Å². The molecule has 0 aromatic heterocycles. The Morgan fingerprint density at radius 3 is 0.552 bits per heavy atom. The van der Waals surface area contributed by atoms with Gasteiger partial charge in [0, 0.05) is 65.2 Å².